The van der Waals surface area contributed by atoms with Gasteiger partial charge in [0.15, 0.2) is 5.78 Å². The Labute approximate surface area is 148 Å². The van der Waals surface area contributed by atoms with Gasteiger partial charge in [0.25, 0.3) is 0 Å². The first-order valence-corrected chi connectivity index (χ1v) is 9.05. The summed E-state index contributed by atoms with van der Waals surface area (Å²) in [6.07, 6.45) is 5.22. The molecule has 1 aliphatic rings. The fraction of sp³-hybridized carbons (Fsp3) is 0.500. The summed E-state index contributed by atoms with van der Waals surface area (Å²) < 4.78 is 12.4. The number of aromatic nitrogens is 1. The number of nitrogens with zero attached hydrogens (tertiary/aromatic N) is 2. The van der Waals surface area contributed by atoms with Crippen LogP contribution < -0.4 is 5.73 Å². The molecule has 0 amide bonds. The average molecular weight is 343 g/mol. The molecule has 0 radical (unpaired) electrons. The number of hydrogen-bond donors (Lipinski definition) is 1. The van der Waals surface area contributed by atoms with E-state index in [0.717, 1.165) is 43.3 Å². The lowest BCUT2D eigenvalue weighted by molar-refractivity contribution is 0.0963. The third kappa shape index (κ3) is 3.98. The van der Waals surface area contributed by atoms with E-state index in [9.17, 15) is 9.18 Å². The Hall–Kier alpha value is -2.01. The number of halogens is 1. The van der Waals surface area contributed by atoms with Crippen LogP contribution in [0.3, 0.4) is 0 Å². The molecule has 2 aromatic rings. The lowest BCUT2D eigenvalue weighted by Gasteiger charge is -2.31. The van der Waals surface area contributed by atoms with Crippen molar-refractivity contribution in [1.82, 2.24) is 9.88 Å². The molecule has 2 heterocycles. The first-order chi connectivity index (χ1) is 12.1. The second-order valence-electron chi connectivity index (χ2n) is 6.99. The lowest BCUT2D eigenvalue weighted by Crippen LogP contribution is -2.35. The molecule has 1 aromatic heterocycles. The van der Waals surface area contributed by atoms with Gasteiger partial charge in [-0.05, 0) is 69.0 Å². The lowest BCUT2D eigenvalue weighted by atomic mass is 9.89. The molecule has 2 N–H and O–H groups in total. The van der Waals surface area contributed by atoms with Crippen LogP contribution in [0.5, 0.6) is 0 Å². The van der Waals surface area contributed by atoms with Crippen molar-refractivity contribution in [2.45, 2.75) is 32.6 Å². The number of hydrogen-bond acceptors (Lipinski definition) is 4. The maximum atomic E-state index is 12.8. The first-order valence-electron chi connectivity index (χ1n) is 9.05. The van der Waals surface area contributed by atoms with Gasteiger partial charge in [0.2, 0.25) is 0 Å². The summed E-state index contributed by atoms with van der Waals surface area (Å²) >= 11 is 0. The molecule has 1 saturated heterocycles. The van der Waals surface area contributed by atoms with E-state index >= 15 is 0 Å². The molecular formula is C20H26FN3O. The van der Waals surface area contributed by atoms with Gasteiger partial charge in [0.1, 0.15) is 6.67 Å². The number of piperidine rings is 1. The molecular weight excluding hydrogens is 317 g/mol. The third-order valence-electron chi connectivity index (χ3n) is 5.33. The summed E-state index contributed by atoms with van der Waals surface area (Å²) in [5.74, 6) is 0.687. The molecule has 0 bridgehead atoms. The number of nitrogen functional groups attached to an aromatic ring is 1. The van der Waals surface area contributed by atoms with Crippen molar-refractivity contribution in [3.63, 3.8) is 0 Å². The second-order valence-corrected chi connectivity index (χ2v) is 6.99. The molecule has 1 fully saturated rings. The predicted molar refractivity (Wildman–Crippen MR) is 99.6 cm³/mol. The quantitative estimate of drug-likeness (QED) is 0.641. The minimum atomic E-state index is -0.278. The summed E-state index contributed by atoms with van der Waals surface area (Å²) in [6, 6.07) is 5.64. The number of pyridine rings is 1. The van der Waals surface area contributed by atoms with Crippen LogP contribution in [0.2, 0.25) is 0 Å². The Balaban J connectivity index is 1.66. The number of anilines is 1. The molecule has 25 heavy (non-hydrogen) atoms. The highest BCUT2D eigenvalue weighted by atomic mass is 19.1. The van der Waals surface area contributed by atoms with E-state index in [1.54, 1.807) is 6.20 Å². The van der Waals surface area contributed by atoms with Crippen LogP contribution in [0, 0.1) is 12.8 Å². The number of likely N-dealkylation sites (tertiary alicyclic amines) is 1. The number of fused-ring (bicyclic) bond motifs is 1. The Bertz CT molecular complexity index is 754. The molecule has 0 aliphatic carbocycles. The molecule has 4 nitrogen and oxygen atoms in total. The van der Waals surface area contributed by atoms with Crippen molar-refractivity contribution in [1.29, 1.82) is 0 Å². The van der Waals surface area contributed by atoms with Gasteiger partial charge in [-0.1, -0.05) is 0 Å². The van der Waals surface area contributed by atoms with Gasteiger partial charge in [0.05, 0.1) is 5.52 Å². The summed E-state index contributed by atoms with van der Waals surface area (Å²) in [4.78, 5) is 19.3. The van der Waals surface area contributed by atoms with E-state index in [-0.39, 0.29) is 12.5 Å². The number of carbonyl (C=O) groups excluding carboxylic acids is 1. The molecule has 0 spiro atoms. The SMILES string of the molecule is Cc1cc(C(=O)CCC2CCN(CCF)CC2)c2ncccc2c1N. The van der Waals surface area contributed by atoms with Gasteiger partial charge in [-0.25, -0.2) is 4.39 Å². The van der Waals surface area contributed by atoms with Crippen LogP contribution in [-0.4, -0.2) is 42.0 Å². The van der Waals surface area contributed by atoms with E-state index in [1.165, 1.54) is 0 Å². The van der Waals surface area contributed by atoms with Crippen LogP contribution in [0.4, 0.5) is 10.1 Å². The third-order valence-corrected chi connectivity index (χ3v) is 5.33. The number of ketones is 1. The minimum Gasteiger partial charge on any atom is -0.398 e. The topological polar surface area (TPSA) is 59.2 Å². The fourth-order valence-electron chi connectivity index (χ4n) is 3.71. The predicted octanol–water partition coefficient (Wildman–Crippen LogP) is 3.77. The monoisotopic (exact) mass is 343 g/mol. The molecule has 5 heteroatoms. The number of Topliss-reactive ketones (excluding diaryl/α,β-unsaturated/α-hetero) is 1. The van der Waals surface area contributed by atoms with Crippen LogP contribution in [0.15, 0.2) is 24.4 Å². The van der Waals surface area contributed by atoms with Gasteiger partial charge in [-0.3, -0.25) is 9.78 Å². The Morgan fingerprint density at radius 2 is 2.16 bits per heavy atom. The van der Waals surface area contributed by atoms with Gasteiger partial charge in [-0.2, -0.15) is 0 Å². The summed E-state index contributed by atoms with van der Waals surface area (Å²) in [5, 5.41) is 0.852. The van der Waals surface area contributed by atoms with E-state index < -0.39 is 0 Å². The highest BCUT2D eigenvalue weighted by molar-refractivity contribution is 6.09. The maximum absolute atomic E-state index is 12.8. The molecule has 3 rings (SSSR count). The van der Waals surface area contributed by atoms with E-state index in [1.807, 2.05) is 25.1 Å². The number of carbonyl (C=O) groups is 1. The van der Waals surface area contributed by atoms with Gasteiger partial charge in [0, 0.05) is 35.8 Å². The van der Waals surface area contributed by atoms with Crippen molar-refractivity contribution in [2.75, 3.05) is 32.0 Å². The van der Waals surface area contributed by atoms with Crippen molar-refractivity contribution in [2.24, 2.45) is 5.92 Å². The van der Waals surface area contributed by atoms with Crippen molar-refractivity contribution < 1.29 is 9.18 Å². The van der Waals surface area contributed by atoms with Gasteiger partial charge >= 0.3 is 0 Å². The van der Waals surface area contributed by atoms with Crippen LogP contribution in [-0.2, 0) is 0 Å². The Kier molecular flexibility index (Phi) is 5.63. The number of nitrogens with two attached hydrogens (primary N) is 1. The molecule has 0 saturated carbocycles. The Morgan fingerprint density at radius 1 is 1.40 bits per heavy atom. The molecule has 134 valence electrons. The number of rotatable bonds is 6. The van der Waals surface area contributed by atoms with E-state index in [4.69, 9.17) is 5.73 Å². The minimum absolute atomic E-state index is 0.137. The van der Waals surface area contributed by atoms with Gasteiger partial charge in [-0.15, -0.1) is 0 Å². The van der Waals surface area contributed by atoms with E-state index in [2.05, 4.69) is 9.88 Å². The zero-order chi connectivity index (χ0) is 17.8. The standard InChI is InChI=1S/C20H26FN3O/c1-14-13-17(20-16(19(14)22)3-2-9-23-20)18(25)5-4-15-6-10-24(11-7-15)12-8-21/h2-3,9,13,15H,4-8,10-12,22H2,1H3. The zero-order valence-electron chi connectivity index (χ0n) is 14.8. The van der Waals surface area contributed by atoms with Crippen molar-refractivity contribution in [3.05, 3.63) is 35.5 Å². The zero-order valence-corrected chi connectivity index (χ0v) is 14.8. The highest BCUT2D eigenvalue weighted by Gasteiger charge is 2.21. The smallest absolute Gasteiger partial charge is 0.165 e. The average Bonchev–Trinajstić information content (AvgIpc) is 2.64. The second kappa shape index (κ2) is 7.91. The van der Waals surface area contributed by atoms with Crippen LogP contribution in [0.25, 0.3) is 10.9 Å². The van der Waals surface area contributed by atoms with E-state index in [0.29, 0.717) is 35.7 Å². The number of alkyl halides is 1. The summed E-state index contributed by atoms with van der Waals surface area (Å²) in [7, 11) is 0. The van der Waals surface area contributed by atoms with Gasteiger partial charge < -0.3 is 10.6 Å². The highest BCUT2D eigenvalue weighted by Crippen LogP contribution is 2.29. The van der Waals surface area contributed by atoms with Crippen molar-refractivity contribution in [3.8, 4) is 0 Å². The molecule has 0 unspecified atom stereocenters. The molecule has 1 aromatic carbocycles. The van der Waals surface area contributed by atoms with Crippen molar-refractivity contribution >= 4 is 22.4 Å². The number of benzene rings is 1. The molecule has 1 aliphatic heterocycles. The molecule has 0 atom stereocenters. The summed E-state index contributed by atoms with van der Waals surface area (Å²) in [6.45, 7) is 4.06. The Morgan fingerprint density at radius 3 is 2.88 bits per heavy atom. The number of aryl methyl sites for hydroxylation is 1. The van der Waals surface area contributed by atoms with Crippen LogP contribution in [0.1, 0.15) is 41.6 Å². The summed E-state index contributed by atoms with van der Waals surface area (Å²) in [5.41, 5.74) is 9.13. The largest absolute Gasteiger partial charge is 0.398 e. The fourth-order valence-corrected chi connectivity index (χ4v) is 3.71. The maximum Gasteiger partial charge on any atom is 0.165 e. The first kappa shape index (κ1) is 17.8. The van der Waals surface area contributed by atoms with Crippen LogP contribution >= 0.6 is 0 Å². The normalized spacial score (nSPS) is 16.4.